The van der Waals surface area contributed by atoms with Gasteiger partial charge in [-0.05, 0) is 26.0 Å². The monoisotopic (exact) mass is 321 g/mol. The van der Waals surface area contributed by atoms with Gasteiger partial charge < -0.3 is 9.84 Å². The first kappa shape index (κ1) is 16.6. The van der Waals surface area contributed by atoms with Crippen LogP contribution in [0, 0.1) is 0 Å². The molecule has 0 saturated heterocycles. The van der Waals surface area contributed by atoms with Crippen LogP contribution in [0.3, 0.4) is 0 Å². The highest BCUT2D eigenvalue weighted by molar-refractivity contribution is 7.91. The summed E-state index contributed by atoms with van der Waals surface area (Å²) in [6.45, 7) is 2.81. The molecule has 1 rings (SSSR count). The van der Waals surface area contributed by atoms with E-state index in [2.05, 4.69) is 4.74 Å². The molecule has 7 nitrogen and oxygen atoms in total. The van der Waals surface area contributed by atoms with E-state index < -0.39 is 34.5 Å². The Morgan fingerprint density at radius 1 is 1.40 bits per heavy atom. The van der Waals surface area contributed by atoms with Crippen molar-refractivity contribution in [3.63, 3.8) is 0 Å². The first-order valence-electron chi connectivity index (χ1n) is 5.62. The van der Waals surface area contributed by atoms with Crippen molar-refractivity contribution < 1.29 is 27.9 Å². The van der Waals surface area contributed by atoms with Crippen LogP contribution in [-0.4, -0.2) is 49.5 Å². The first-order chi connectivity index (χ1) is 9.20. The van der Waals surface area contributed by atoms with E-state index in [0.717, 1.165) is 4.31 Å². The van der Waals surface area contributed by atoms with Crippen molar-refractivity contribution >= 4 is 33.3 Å². The summed E-state index contributed by atoms with van der Waals surface area (Å²) in [6.07, 6.45) is 0. The quantitative estimate of drug-likeness (QED) is 0.785. The molecule has 112 valence electrons. The fourth-order valence-electron chi connectivity index (χ4n) is 1.43. The van der Waals surface area contributed by atoms with Crippen LogP contribution in [0.4, 0.5) is 0 Å². The number of carbonyl (C=O) groups is 2. The number of carboxylic acids is 1. The number of hydrogen-bond donors (Lipinski definition) is 1. The van der Waals surface area contributed by atoms with E-state index >= 15 is 0 Å². The minimum absolute atomic E-state index is 0.0784. The number of carbonyl (C=O) groups excluding carboxylic acids is 1. The summed E-state index contributed by atoms with van der Waals surface area (Å²) in [6, 6.07) is 1.97. The molecule has 1 aromatic heterocycles. The van der Waals surface area contributed by atoms with Gasteiger partial charge >= 0.3 is 11.9 Å². The Morgan fingerprint density at radius 3 is 2.40 bits per heavy atom. The van der Waals surface area contributed by atoms with Gasteiger partial charge in [-0.1, -0.05) is 0 Å². The molecule has 1 N–H and O–H groups in total. The van der Waals surface area contributed by atoms with Crippen LogP contribution in [0.25, 0.3) is 0 Å². The minimum Gasteiger partial charge on any atom is -0.477 e. The third-order valence-electron chi connectivity index (χ3n) is 2.44. The SMILES string of the molecule is COC(=O)CN(C(C)C)S(=O)(=O)c1ccc(C(=O)O)s1. The number of sulfonamides is 1. The van der Waals surface area contributed by atoms with E-state index in [1.165, 1.54) is 19.2 Å². The molecule has 0 saturated carbocycles. The fourth-order valence-corrected chi connectivity index (χ4v) is 4.28. The van der Waals surface area contributed by atoms with E-state index in [-0.39, 0.29) is 9.09 Å². The summed E-state index contributed by atoms with van der Waals surface area (Å²) in [5.74, 6) is -1.88. The lowest BCUT2D eigenvalue weighted by Gasteiger charge is -2.23. The van der Waals surface area contributed by atoms with E-state index in [4.69, 9.17) is 5.11 Å². The predicted molar refractivity (Wildman–Crippen MR) is 72.3 cm³/mol. The van der Waals surface area contributed by atoms with E-state index in [0.29, 0.717) is 11.3 Å². The predicted octanol–water partition coefficient (Wildman–Crippen LogP) is 1.02. The molecule has 0 radical (unpaired) electrons. The smallest absolute Gasteiger partial charge is 0.345 e. The zero-order valence-corrected chi connectivity index (χ0v) is 12.8. The molecule has 0 amide bonds. The molecule has 1 heterocycles. The second kappa shape index (κ2) is 6.33. The Bertz CT molecular complexity index is 604. The van der Waals surface area contributed by atoms with Crippen LogP contribution in [0.15, 0.2) is 16.3 Å². The standard InChI is InChI=1S/C11H15NO6S2/c1-7(2)12(6-9(13)18-3)20(16,17)10-5-4-8(19-10)11(14)15/h4-5,7H,6H2,1-3H3,(H,14,15). The molecule has 0 unspecified atom stereocenters. The van der Waals surface area contributed by atoms with Crippen LogP contribution in [-0.2, 0) is 19.6 Å². The largest absolute Gasteiger partial charge is 0.477 e. The van der Waals surface area contributed by atoms with Crippen molar-refractivity contribution in [1.82, 2.24) is 4.31 Å². The van der Waals surface area contributed by atoms with Crippen LogP contribution >= 0.6 is 11.3 Å². The maximum absolute atomic E-state index is 12.4. The van der Waals surface area contributed by atoms with Gasteiger partial charge in [0.25, 0.3) is 10.0 Å². The van der Waals surface area contributed by atoms with E-state index in [1.807, 2.05) is 0 Å². The lowest BCUT2D eigenvalue weighted by atomic mass is 10.4. The van der Waals surface area contributed by atoms with Crippen molar-refractivity contribution in [2.75, 3.05) is 13.7 Å². The van der Waals surface area contributed by atoms with Crippen molar-refractivity contribution in [3.8, 4) is 0 Å². The van der Waals surface area contributed by atoms with Gasteiger partial charge in [-0.15, -0.1) is 11.3 Å². The van der Waals surface area contributed by atoms with Crippen LogP contribution in [0.2, 0.25) is 0 Å². The number of nitrogens with zero attached hydrogens (tertiary/aromatic N) is 1. The Labute approximate surface area is 120 Å². The highest BCUT2D eigenvalue weighted by atomic mass is 32.2. The molecule has 1 aromatic rings. The second-order valence-corrected chi connectivity index (χ2v) is 7.35. The first-order valence-corrected chi connectivity index (χ1v) is 7.87. The van der Waals surface area contributed by atoms with Crippen LogP contribution < -0.4 is 0 Å². The van der Waals surface area contributed by atoms with Gasteiger partial charge in [0.2, 0.25) is 0 Å². The molecule has 20 heavy (non-hydrogen) atoms. The Balaban J connectivity index is 3.15. The molecule has 0 spiro atoms. The van der Waals surface area contributed by atoms with Crippen molar-refractivity contribution in [3.05, 3.63) is 17.0 Å². The average Bonchev–Trinajstić information content (AvgIpc) is 2.85. The Hall–Kier alpha value is -1.45. The highest BCUT2D eigenvalue weighted by Crippen LogP contribution is 2.26. The van der Waals surface area contributed by atoms with E-state index in [1.54, 1.807) is 13.8 Å². The lowest BCUT2D eigenvalue weighted by molar-refractivity contribution is -0.141. The van der Waals surface area contributed by atoms with Gasteiger partial charge in [0.1, 0.15) is 15.6 Å². The number of hydrogen-bond acceptors (Lipinski definition) is 6. The Kier molecular flexibility index (Phi) is 5.26. The maximum Gasteiger partial charge on any atom is 0.345 e. The molecule has 0 aliphatic rings. The number of aromatic carboxylic acids is 1. The average molecular weight is 321 g/mol. The number of rotatable bonds is 6. The number of carboxylic acid groups (broad SMARTS) is 1. The van der Waals surface area contributed by atoms with Crippen LogP contribution in [0.1, 0.15) is 23.5 Å². The number of thiophene rings is 1. The second-order valence-electron chi connectivity index (χ2n) is 4.14. The molecule has 0 aliphatic heterocycles. The summed E-state index contributed by atoms with van der Waals surface area (Å²) in [5, 5.41) is 8.82. The van der Waals surface area contributed by atoms with Gasteiger partial charge in [0.15, 0.2) is 0 Å². The topological polar surface area (TPSA) is 101 Å². The zero-order chi connectivity index (χ0) is 15.5. The van der Waals surface area contributed by atoms with Crippen molar-refractivity contribution in [2.45, 2.75) is 24.1 Å². The number of esters is 1. The molecule has 9 heteroatoms. The molecule has 0 aromatic carbocycles. The molecule has 0 atom stereocenters. The summed E-state index contributed by atoms with van der Waals surface area (Å²) >= 11 is 0.647. The van der Waals surface area contributed by atoms with E-state index in [9.17, 15) is 18.0 Å². The normalized spacial score (nSPS) is 11.8. The summed E-state index contributed by atoms with van der Waals surface area (Å²) in [4.78, 5) is 22.0. The molecular weight excluding hydrogens is 306 g/mol. The third-order valence-corrected chi connectivity index (χ3v) is 6.01. The highest BCUT2D eigenvalue weighted by Gasteiger charge is 2.31. The van der Waals surface area contributed by atoms with Gasteiger partial charge in [0, 0.05) is 6.04 Å². The zero-order valence-electron chi connectivity index (χ0n) is 11.2. The summed E-state index contributed by atoms with van der Waals surface area (Å²) in [5.41, 5.74) is 0. The third kappa shape index (κ3) is 3.56. The van der Waals surface area contributed by atoms with Gasteiger partial charge in [0.05, 0.1) is 7.11 Å². The molecule has 0 bridgehead atoms. The minimum atomic E-state index is -3.93. The number of methoxy groups -OCH3 is 1. The molecular formula is C11H15NO6S2. The van der Waals surface area contributed by atoms with Gasteiger partial charge in [-0.3, -0.25) is 4.79 Å². The van der Waals surface area contributed by atoms with Crippen LogP contribution in [0.5, 0.6) is 0 Å². The fraction of sp³-hybridized carbons (Fsp3) is 0.455. The lowest BCUT2D eigenvalue weighted by Crippen LogP contribution is -2.40. The summed E-state index contributed by atoms with van der Waals surface area (Å²) in [7, 11) is -2.76. The maximum atomic E-state index is 12.4. The molecule has 0 aliphatic carbocycles. The Morgan fingerprint density at radius 2 is 2.00 bits per heavy atom. The summed E-state index contributed by atoms with van der Waals surface area (Å²) < 4.78 is 30.1. The van der Waals surface area contributed by atoms with Crippen molar-refractivity contribution in [2.24, 2.45) is 0 Å². The number of ether oxygens (including phenoxy) is 1. The van der Waals surface area contributed by atoms with Gasteiger partial charge in [-0.25, -0.2) is 13.2 Å². The van der Waals surface area contributed by atoms with Gasteiger partial charge in [-0.2, -0.15) is 4.31 Å². The molecule has 0 fully saturated rings. The van der Waals surface area contributed by atoms with Crippen molar-refractivity contribution in [1.29, 1.82) is 0 Å².